The monoisotopic (exact) mass is 410 g/mol. The molecule has 1 aromatic heterocycles. The van der Waals surface area contributed by atoms with E-state index in [-0.39, 0.29) is 11.8 Å². The number of rotatable bonds is 5. The van der Waals surface area contributed by atoms with Gasteiger partial charge in [0.1, 0.15) is 0 Å². The normalized spacial score (nSPS) is 14.1. The number of halogens is 1. The molecular weight excluding hydrogens is 392 g/mol. The van der Waals surface area contributed by atoms with E-state index in [2.05, 4.69) is 26.0 Å². The fourth-order valence-electron chi connectivity index (χ4n) is 3.21. The number of tetrazole rings is 1. The summed E-state index contributed by atoms with van der Waals surface area (Å²) in [5.74, 6) is 0.207. The topological polar surface area (TPSA) is 102 Å². The maximum absolute atomic E-state index is 12.8. The number of nitrogens with one attached hydrogen (secondary N) is 2. The molecule has 0 bridgehead atoms. The third-order valence-corrected chi connectivity index (χ3v) is 5.02. The molecule has 0 radical (unpaired) electrons. The first kappa shape index (κ1) is 19.1. The third-order valence-electron chi connectivity index (χ3n) is 4.77. The highest BCUT2D eigenvalue weighted by Crippen LogP contribution is 2.26. The SMILES string of the molecule is CCC(C(=O)Nc1ccc2c(c1)CCC(=O)N2)n1nnc(-c2ccc(Cl)cc2)n1. The third kappa shape index (κ3) is 4.12. The lowest BCUT2D eigenvalue weighted by atomic mass is 10.0. The Bertz CT molecular complexity index is 1060. The van der Waals surface area contributed by atoms with Crippen LogP contribution in [0.2, 0.25) is 5.02 Å². The first-order valence-corrected chi connectivity index (χ1v) is 9.70. The van der Waals surface area contributed by atoms with Gasteiger partial charge in [0.05, 0.1) is 0 Å². The molecule has 9 heteroatoms. The van der Waals surface area contributed by atoms with E-state index >= 15 is 0 Å². The highest BCUT2D eigenvalue weighted by Gasteiger charge is 2.23. The van der Waals surface area contributed by atoms with Gasteiger partial charge in [-0.2, -0.15) is 4.80 Å². The summed E-state index contributed by atoms with van der Waals surface area (Å²) < 4.78 is 0. The predicted octanol–water partition coefficient (Wildman–Crippen LogP) is 3.47. The molecule has 8 nitrogen and oxygen atoms in total. The van der Waals surface area contributed by atoms with Crippen LogP contribution in [0.1, 0.15) is 31.4 Å². The molecule has 0 fully saturated rings. The van der Waals surface area contributed by atoms with Gasteiger partial charge in [0.2, 0.25) is 11.7 Å². The van der Waals surface area contributed by atoms with Gasteiger partial charge in [-0.05, 0) is 66.1 Å². The summed E-state index contributed by atoms with van der Waals surface area (Å²) in [4.78, 5) is 25.6. The van der Waals surface area contributed by atoms with Gasteiger partial charge in [-0.25, -0.2) is 0 Å². The second kappa shape index (κ2) is 8.00. The van der Waals surface area contributed by atoms with Gasteiger partial charge in [-0.3, -0.25) is 9.59 Å². The number of carbonyl (C=O) groups excluding carboxylic acids is 2. The molecule has 1 aliphatic rings. The summed E-state index contributed by atoms with van der Waals surface area (Å²) in [7, 11) is 0. The second-order valence-electron chi connectivity index (χ2n) is 6.77. The number of hydrogen-bond donors (Lipinski definition) is 2. The first-order valence-electron chi connectivity index (χ1n) is 9.32. The molecular formula is C20H19ClN6O2. The maximum atomic E-state index is 12.8. The number of benzene rings is 2. The van der Waals surface area contributed by atoms with Crippen LogP contribution >= 0.6 is 11.6 Å². The largest absolute Gasteiger partial charge is 0.326 e. The second-order valence-corrected chi connectivity index (χ2v) is 7.21. The Morgan fingerprint density at radius 3 is 2.79 bits per heavy atom. The molecule has 0 spiro atoms. The highest BCUT2D eigenvalue weighted by atomic mass is 35.5. The molecule has 1 unspecified atom stereocenters. The number of hydrogen-bond acceptors (Lipinski definition) is 5. The van der Waals surface area contributed by atoms with Crippen LogP contribution in [-0.4, -0.2) is 32.0 Å². The number of fused-ring (bicyclic) bond motifs is 1. The minimum absolute atomic E-state index is 0.00841. The number of aromatic nitrogens is 4. The van der Waals surface area contributed by atoms with Gasteiger partial charge in [0.15, 0.2) is 6.04 Å². The minimum Gasteiger partial charge on any atom is -0.326 e. The number of nitrogens with zero attached hydrogens (tertiary/aromatic N) is 4. The van der Waals surface area contributed by atoms with Gasteiger partial charge >= 0.3 is 0 Å². The molecule has 4 rings (SSSR count). The molecule has 0 aliphatic carbocycles. The summed E-state index contributed by atoms with van der Waals surface area (Å²) in [5.41, 5.74) is 3.23. The van der Waals surface area contributed by atoms with Gasteiger partial charge < -0.3 is 10.6 Å². The van der Waals surface area contributed by atoms with E-state index in [1.54, 1.807) is 36.4 Å². The van der Waals surface area contributed by atoms with E-state index in [0.717, 1.165) is 16.8 Å². The van der Waals surface area contributed by atoms with E-state index in [1.165, 1.54) is 4.80 Å². The Labute approximate surface area is 172 Å². The number of amides is 2. The lowest BCUT2D eigenvalue weighted by Gasteiger charge is -2.19. The first-order chi connectivity index (χ1) is 14.0. The molecule has 0 saturated heterocycles. The Balaban J connectivity index is 1.50. The van der Waals surface area contributed by atoms with Crippen molar-refractivity contribution >= 4 is 34.8 Å². The summed E-state index contributed by atoms with van der Waals surface area (Å²) in [6.45, 7) is 1.89. The molecule has 29 heavy (non-hydrogen) atoms. The number of carbonyl (C=O) groups is 2. The van der Waals surface area contributed by atoms with Crippen molar-refractivity contribution in [2.75, 3.05) is 10.6 Å². The van der Waals surface area contributed by atoms with Crippen LogP contribution in [0.4, 0.5) is 11.4 Å². The van der Waals surface area contributed by atoms with E-state index in [9.17, 15) is 9.59 Å². The standard InChI is InChI=1S/C20H19ClN6O2/c1-2-17(27-25-19(24-26-27)12-3-6-14(21)7-4-12)20(29)22-15-8-9-16-13(11-15)5-10-18(28)23-16/h3-4,6-9,11,17H,2,5,10H2,1H3,(H,22,29)(H,23,28). The van der Waals surface area contributed by atoms with Crippen molar-refractivity contribution in [3.05, 3.63) is 53.1 Å². The summed E-state index contributed by atoms with van der Waals surface area (Å²) in [6, 6.07) is 12.0. The fourth-order valence-corrected chi connectivity index (χ4v) is 3.34. The lowest BCUT2D eigenvalue weighted by molar-refractivity contribution is -0.120. The van der Waals surface area contributed by atoms with E-state index in [1.807, 2.05) is 13.0 Å². The zero-order chi connectivity index (χ0) is 20.4. The smallest absolute Gasteiger partial charge is 0.251 e. The van der Waals surface area contributed by atoms with Crippen molar-refractivity contribution in [1.29, 1.82) is 0 Å². The molecule has 2 amide bonds. The van der Waals surface area contributed by atoms with Crippen LogP contribution in [-0.2, 0) is 16.0 Å². The predicted molar refractivity (Wildman–Crippen MR) is 110 cm³/mol. The van der Waals surface area contributed by atoms with Crippen molar-refractivity contribution in [2.45, 2.75) is 32.2 Å². The zero-order valence-corrected chi connectivity index (χ0v) is 16.5. The lowest BCUT2D eigenvalue weighted by Crippen LogP contribution is -2.27. The molecule has 148 valence electrons. The highest BCUT2D eigenvalue weighted by molar-refractivity contribution is 6.30. The van der Waals surface area contributed by atoms with Gasteiger partial charge in [0.25, 0.3) is 5.91 Å². The molecule has 2 N–H and O–H groups in total. The van der Waals surface area contributed by atoms with Crippen molar-refractivity contribution in [3.63, 3.8) is 0 Å². The molecule has 2 aromatic carbocycles. The Morgan fingerprint density at radius 1 is 1.24 bits per heavy atom. The molecule has 3 aromatic rings. The van der Waals surface area contributed by atoms with E-state index < -0.39 is 6.04 Å². The quantitative estimate of drug-likeness (QED) is 0.670. The Morgan fingerprint density at radius 2 is 2.03 bits per heavy atom. The minimum atomic E-state index is -0.598. The van der Waals surface area contributed by atoms with Crippen LogP contribution in [0.3, 0.4) is 0 Å². The van der Waals surface area contributed by atoms with Gasteiger partial charge in [0, 0.05) is 28.4 Å². The fraction of sp³-hybridized carbons (Fsp3) is 0.250. The van der Waals surface area contributed by atoms with Crippen LogP contribution in [0, 0.1) is 0 Å². The summed E-state index contributed by atoms with van der Waals surface area (Å²) in [6.07, 6.45) is 1.60. The van der Waals surface area contributed by atoms with E-state index in [0.29, 0.717) is 35.8 Å². The molecule has 0 saturated carbocycles. The van der Waals surface area contributed by atoms with Crippen LogP contribution in [0.5, 0.6) is 0 Å². The molecule has 1 atom stereocenters. The average Bonchev–Trinajstić information content (AvgIpc) is 3.19. The van der Waals surface area contributed by atoms with Crippen molar-refractivity contribution in [1.82, 2.24) is 20.2 Å². The summed E-state index contributed by atoms with van der Waals surface area (Å²) in [5, 5.41) is 18.8. The Kier molecular flexibility index (Phi) is 5.26. The van der Waals surface area contributed by atoms with Gasteiger partial charge in [-0.15, -0.1) is 10.2 Å². The van der Waals surface area contributed by atoms with Gasteiger partial charge in [-0.1, -0.05) is 18.5 Å². The van der Waals surface area contributed by atoms with Crippen LogP contribution in [0.15, 0.2) is 42.5 Å². The zero-order valence-electron chi connectivity index (χ0n) is 15.7. The van der Waals surface area contributed by atoms with Crippen molar-refractivity contribution < 1.29 is 9.59 Å². The van der Waals surface area contributed by atoms with Crippen molar-refractivity contribution in [2.24, 2.45) is 0 Å². The number of aryl methyl sites for hydroxylation is 1. The van der Waals surface area contributed by atoms with Crippen LogP contribution < -0.4 is 10.6 Å². The molecule has 2 heterocycles. The van der Waals surface area contributed by atoms with Crippen LogP contribution in [0.25, 0.3) is 11.4 Å². The number of anilines is 2. The average molecular weight is 411 g/mol. The molecule has 1 aliphatic heterocycles. The Hall–Kier alpha value is -3.26. The van der Waals surface area contributed by atoms with E-state index in [4.69, 9.17) is 11.6 Å². The maximum Gasteiger partial charge on any atom is 0.251 e. The van der Waals surface area contributed by atoms with Crippen molar-refractivity contribution in [3.8, 4) is 11.4 Å². The summed E-state index contributed by atoms with van der Waals surface area (Å²) >= 11 is 5.91.